The molecule has 4 aromatic rings. The van der Waals surface area contributed by atoms with Gasteiger partial charge in [-0.1, -0.05) is 18.2 Å². The fourth-order valence-electron chi connectivity index (χ4n) is 4.37. The number of methoxy groups -OCH3 is 1. The molecular weight excluding hydrogens is 528 g/mol. The topological polar surface area (TPSA) is 152 Å². The van der Waals surface area contributed by atoms with Crippen molar-refractivity contribution < 1.29 is 19.2 Å². The van der Waals surface area contributed by atoms with E-state index in [1.54, 1.807) is 24.1 Å². The molecule has 4 rings (SSSR count). The Morgan fingerprint density at radius 2 is 1.98 bits per heavy atom. The summed E-state index contributed by atoms with van der Waals surface area (Å²) in [7, 11) is 8.98. The van der Waals surface area contributed by atoms with Crippen LogP contribution in [0.4, 0.5) is 23.0 Å². The minimum atomic E-state index is -0.751. The first-order valence-corrected chi connectivity index (χ1v) is 12.6. The Kier molecular flexibility index (Phi) is 8.64. The number of aromatic nitrogens is 3. The zero-order valence-electron chi connectivity index (χ0n) is 23.4. The number of para-hydroxylation sites is 1. The molecule has 13 heteroatoms. The van der Waals surface area contributed by atoms with E-state index in [0.29, 0.717) is 30.1 Å². The zero-order chi connectivity index (χ0) is 29.7. The highest BCUT2D eigenvalue weighted by atomic mass is 16.6. The number of nitriles is 1. The maximum absolute atomic E-state index is 12.8. The molecule has 0 spiro atoms. The molecule has 41 heavy (non-hydrogen) atoms. The van der Waals surface area contributed by atoms with Crippen LogP contribution in [0.25, 0.3) is 22.2 Å². The van der Waals surface area contributed by atoms with Crippen LogP contribution in [0.5, 0.6) is 5.75 Å². The van der Waals surface area contributed by atoms with Crippen LogP contribution >= 0.6 is 0 Å². The fourth-order valence-corrected chi connectivity index (χ4v) is 4.37. The standard InChI is InChI=1S/C28H30N8O5/c1-33(2)11-12-34(3)23-15-25(40-5)21(14-24(23)36(38)39)31-28-30-16-19(27(37)41-13-10-29)26(32-28)20-17-35(4)22-9-7-6-8-18(20)22/h6-9,14-17H,11-13H2,1-5H3,(H,30,31,32). The second-order valence-corrected chi connectivity index (χ2v) is 9.51. The van der Waals surface area contributed by atoms with Gasteiger partial charge in [-0.2, -0.15) is 5.26 Å². The minimum absolute atomic E-state index is 0.0676. The Hall–Kier alpha value is -5.22. The van der Waals surface area contributed by atoms with Crippen LogP contribution in [0, 0.1) is 21.4 Å². The number of ether oxygens (including phenoxy) is 2. The largest absolute Gasteiger partial charge is 0.494 e. The molecule has 0 saturated heterocycles. The van der Waals surface area contributed by atoms with Gasteiger partial charge < -0.3 is 29.2 Å². The molecule has 2 aromatic heterocycles. The lowest BCUT2D eigenvalue weighted by molar-refractivity contribution is -0.384. The Bertz CT molecular complexity index is 1640. The molecular formula is C28H30N8O5. The number of nitro benzene ring substituents is 1. The Morgan fingerprint density at radius 3 is 2.66 bits per heavy atom. The predicted octanol–water partition coefficient (Wildman–Crippen LogP) is 3.97. The second kappa shape index (κ2) is 12.3. The number of likely N-dealkylation sites (N-methyl/N-ethyl adjacent to an activating group) is 2. The first-order valence-electron chi connectivity index (χ1n) is 12.6. The lowest BCUT2D eigenvalue weighted by Gasteiger charge is -2.22. The third-order valence-corrected chi connectivity index (χ3v) is 6.46. The summed E-state index contributed by atoms with van der Waals surface area (Å²) in [6.07, 6.45) is 3.14. The number of carbonyl (C=O) groups is 1. The highest BCUT2D eigenvalue weighted by Crippen LogP contribution is 2.39. The van der Waals surface area contributed by atoms with Gasteiger partial charge in [0.25, 0.3) is 5.69 Å². The number of hydrogen-bond donors (Lipinski definition) is 1. The summed E-state index contributed by atoms with van der Waals surface area (Å²) in [5, 5.41) is 24.8. The monoisotopic (exact) mass is 558 g/mol. The molecule has 2 heterocycles. The average molecular weight is 559 g/mol. The van der Waals surface area contributed by atoms with E-state index in [9.17, 15) is 14.9 Å². The van der Waals surface area contributed by atoms with Crippen LogP contribution in [0.2, 0.25) is 0 Å². The zero-order valence-corrected chi connectivity index (χ0v) is 23.4. The van der Waals surface area contributed by atoms with E-state index >= 15 is 0 Å². The third kappa shape index (κ3) is 6.18. The van der Waals surface area contributed by atoms with Gasteiger partial charge in [0.05, 0.1) is 23.4 Å². The SMILES string of the molecule is COc1cc(N(C)CCN(C)C)c([N+](=O)[O-])cc1Nc1ncc(C(=O)OCC#N)c(-c2cn(C)c3ccccc23)n1. The maximum Gasteiger partial charge on any atom is 0.342 e. The van der Waals surface area contributed by atoms with Crippen molar-refractivity contribution in [1.82, 2.24) is 19.4 Å². The number of carbonyl (C=O) groups excluding carboxylic acids is 1. The molecule has 2 aromatic carbocycles. The summed E-state index contributed by atoms with van der Waals surface area (Å²) in [6.45, 7) is 0.832. The van der Waals surface area contributed by atoms with Crippen LogP contribution in [-0.4, -0.2) is 78.3 Å². The van der Waals surface area contributed by atoms with E-state index in [0.717, 1.165) is 10.9 Å². The molecule has 0 unspecified atom stereocenters. The third-order valence-electron chi connectivity index (χ3n) is 6.46. The van der Waals surface area contributed by atoms with Gasteiger partial charge in [-0.15, -0.1) is 0 Å². The van der Waals surface area contributed by atoms with Crippen molar-refractivity contribution in [2.75, 3.05) is 58.2 Å². The van der Waals surface area contributed by atoms with Crippen molar-refractivity contribution in [2.24, 2.45) is 7.05 Å². The van der Waals surface area contributed by atoms with Crippen LogP contribution < -0.4 is 15.0 Å². The highest BCUT2D eigenvalue weighted by Gasteiger charge is 2.24. The summed E-state index contributed by atoms with van der Waals surface area (Å²) in [5.41, 5.74) is 2.44. The summed E-state index contributed by atoms with van der Waals surface area (Å²) in [5.74, 6) is -0.333. The first-order chi connectivity index (χ1) is 19.6. The Balaban J connectivity index is 1.80. The lowest BCUT2D eigenvalue weighted by atomic mass is 10.1. The Labute approximate surface area is 236 Å². The Morgan fingerprint density at radius 1 is 1.22 bits per heavy atom. The van der Waals surface area contributed by atoms with Crippen LogP contribution in [0.1, 0.15) is 10.4 Å². The number of esters is 1. The van der Waals surface area contributed by atoms with Gasteiger partial charge in [-0.3, -0.25) is 10.1 Å². The smallest absolute Gasteiger partial charge is 0.342 e. The summed E-state index contributed by atoms with van der Waals surface area (Å²) in [6, 6.07) is 12.4. The van der Waals surface area contributed by atoms with E-state index < -0.39 is 17.5 Å². The van der Waals surface area contributed by atoms with Crippen molar-refractivity contribution in [2.45, 2.75) is 0 Å². The van der Waals surface area contributed by atoms with Crippen molar-refractivity contribution in [3.8, 4) is 23.1 Å². The fraction of sp³-hybridized carbons (Fsp3) is 0.286. The number of nitro groups is 1. The number of benzene rings is 2. The number of hydrogen-bond acceptors (Lipinski definition) is 11. The molecule has 0 atom stereocenters. The first kappa shape index (κ1) is 28.8. The molecule has 13 nitrogen and oxygen atoms in total. The van der Waals surface area contributed by atoms with Gasteiger partial charge in [0.1, 0.15) is 23.1 Å². The lowest BCUT2D eigenvalue weighted by Crippen LogP contribution is -2.29. The van der Waals surface area contributed by atoms with Crippen LogP contribution in [-0.2, 0) is 11.8 Å². The van der Waals surface area contributed by atoms with E-state index in [1.165, 1.54) is 19.4 Å². The molecule has 1 N–H and O–H groups in total. The molecule has 0 aliphatic carbocycles. The summed E-state index contributed by atoms with van der Waals surface area (Å²) < 4.78 is 12.5. The van der Waals surface area contributed by atoms with Crippen molar-refractivity contribution in [3.63, 3.8) is 0 Å². The average Bonchev–Trinajstić information content (AvgIpc) is 3.30. The molecule has 0 aliphatic rings. The van der Waals surface area contributed by atoms with Crippen molar-refractivity contribution >= 4 is 39.9 Å². The molecule has 0 amide bonds. The number of anilines is 3. The molecule has 0 radical (unpaired) electrons. The quantitative estimate of drug-likeness (QED) is 0.162. The minimum Gasteiger partial charge on any atom is -0.494 e. The van der Waals surface area contributed by atoms with E-state index in [4.69, 9.17) is 14.7 Å². The number of aryl methyl sites for hydroxylation is 1. The highest BCUT2D eigenvalue weighted by molar-refractivity contribution is 6.03. The second-order valence-electron chi connectivity index (χ2n) is 9.51. The van der Waals surface area contributed by atoms with E-state index in [-0.39, 0.29) is 28.6 Å². The van der Waals surface area contributed by atoms with Gasteiger partial charge in [-0.25, -0.2) is 14.8 Å². The van der Waals surface area contributed by atoms with Crippen LogP contribution in [0.3, 0.4) is 0 Å². The van der Waals surface area contributed by atoms with Gasteiger partial charge in [0, 0.05) is 68.2 Å². The van der Waals surface area contributed by atoms with E-state index in [2.05, 4.69) is 15.3 Å². The van der Waals surface area contributed by atoms with Gasteiger partial charge in [0.2, 0.25) is 5.95 Å². The van der Waals surface area contributed by atoms with E-state index in [1.807, 2.05) is 61.1 Å². The molecule has 0 saturated carbocycles. The van der Waals surface area contributed by atoms with Crippen molar-refractivity contribution in [3.05, 3.63) is 64.5 Å². The number of rotatable bonds is 11. The number of nitrogens with zero attached hydrogens (tertiary/aromatic N) is 7. The predicted molar refractivity (Wildman–Crippen MR) is 155 cm³/mol. The number of fused-ring (bicyclic) bond motifs is 1. The summed E-state index contributed by atoms with van der Waals surface area (Å²) in [4.78, 5) is 37.1. The molecule has 0 fully saturated rings. The number of nitrogens with one attached hydrogen (secondary N) is 1. The van der Waals surface area contributed by atoms with Gasteiger partial charge >= 0.3 is 5.97 Å². The van der Waals surface area contributed by atoms with Crippen LogP contribution in [0.15, 0.2) is 48.8 Å². The van der Waals surface area contributed by atoms with Gasteiger partial charge in [-0.05, 0) is 20.2 Å². The maximum atomic E-state index is 12.8. The van der Waals surface area contributed by atoms with Crippen molar-refractivity contribution in [1.29, 1.82) is 5.26 Å². The molecule has 0 aliphatic heterocycles. The summed E-state index contributed by atoms with van der Waals surface area (Å²) >= 11 is 0. The molecule has 0 bridgehead atoms. The normalized spacial score (nSPS) is 10.9. The molecule has 212 valence electrons. The van der Waals surface area contributed by atoms with Gasteiger partial charge in [0.15, 0.2) is 6.61 Å².